The minimum absolute atomic E-state index is 0.368. The van der Waals surface area contributed by atoms with E-state index in [-0.39, 0.29) is 0 Å². The highest BCUT2D eigenvalue weighted by molar-refractivity contribution is 5.62. The largest absolute Gasteiger partial charge is 0.391 e. The Bertz CT molecular complexity index is 402. The van der Waals surface area contributed by atoms with Crippen molar-refractivity contribution in [2.24, 2.45) is 11.1 Å². The molecule has 1 aliphatic rings. The number of nitriles is 1. The molecule has 0 unspecified atom stereocenters. The minimum atomic E-state index is 0.368. The van der Waals surface area contributed by atoms with E-state index in [0.29, 0.717) is 18.1 Å². The van der Waals surface area contributed by atoms with Crippen LogP contribution in [0.3, 0.4) is 0 Å². The molecule has 0 amide bonds. The molecule has 0 N–H and O–H groups in total. The first-order valence-corrected chi connectivity index (χ1v) is 5.03. The summed E-state index contributed by atoms with van der Waals surface area (Å²) in [5, 5.41) is 12.7. The third-order valence-electron chi connectivity index (χ3n) is 2.33. The van der Waals surface area contributed by atoms with Gasteiger partial charge in [-0.25, -0.2) is 0 Å². The Labute approximate surface area is 89.0 Å². The standard InChI is InChI=1S/C12H12N2O/c13-7-11-3-1-2-4-12(11)9-15-14-8-10-5-6-10/h1-4,8,10H,5-6,9H2. The summed E-state index contributed by atoms with van der Waals surface area (Å²) in [6.07, 6.45) is 4.29. The van der Waals surface area contributed by atoms with E-state index in [1.807, 2.05) is 24.4 Å². The number of nitrogens with zero attached hydrogens (tertiary/aromatic N) is 2. The van der Waals surface area contributed by atoms with Crippen LogP contribution in [0.4, 0.5) is 0 Å². The highest BCUT2D eigenvalue weighted by Gasteiger charge is 2.18. The number of oxime groups is 1. The van der Waals surface area contributed by atoms with Crippen LogP contribution in [0.2, 0.25) is 0 Å². The smallest absolute Gasteiger partial charge is 0.143 e. The summed E-state index contributed by atoms with van der Waals surface area (Å²) in [6.45, 7) is 0.368. The van der Waals surface area contributed by atoms with Gasteiger partial charge < -0.3 is 4.84 Å². The van der Waals surface area contributed by atoms with Gasteiger partial charge in [0.15, 0.2) is 0 Å². The first kappa shape index (κ1) is 9.72. The van der Waals surface area contributed by atoms with Gasteiger partial charge in [0.1, 0.15) is 6.61 Å². The van der Waals surface area contributed by atoms with Gasteiger partial charge in [-0.3, -0.25) is 0 Å². The first-order valence-electron chi connectivity index (χ1n) is 5.03. The van der Waals surface area contributed by atoms with Crippen molar-refractivity contribution in [2.45, 2.75) is 19.4 Å². The molecule has 1 saturated carbocycles. The van der Waals surface area contributed by atoms with Gasteiger partial charge in [-0.05, 0) is 24.8 Å². The molecule has 15 heavy (non-hydrogen) atoms. The molecular formula is C12H12N2O. The topological polar surface area (TPSA) is 45.4 Å². The molecule has 0 saturated heterocycles. The van der Waals surface area contributed by atoms with Gasteiger partial charge in [-0.15, -0.1) is 0 Å². The van der Waals surface area contributed by atoms with Gasteiger partial charge in [0, 0.05) is 11.8 Å². The summed E-state index contributed by atoms with van der Waals surface area (Å²) >= 11 is 0. The third-order valence-corrected chi connectivity index (χ3v) is 2.33. The Kier molecular flexibility index (Phi) is 2.99. The van der Waals surface area contributed by atoms with Gasteiger partial charge in [0.2, 0.25) is 0 Å². The maximum Gasteiger partial charge on any atom is 0.143 e. The van der Waals surface area contributed by atoms with Crippen LogP contribution < -0.4 is 0 Å². The molecule has 0 bridgehead atoms. The van der Waals surface area contributed by atoms with Crippen LogP contribution in [-0.4, -0.2) is 6.21 Å². The molecule has 1 aromatic rings. The van der Waals surface area contributed by atoms with Crippen LogP contribution in [0.1, 0.15) is 24.0 Å². The van der Waals surface area contributed by atoms with E-state index >= 15 is 0 Å². The molecule has 2 rings (SSSR count). The average Bonchev–Trinajstić information content (AvgIpc) is 3.09. The van der Waals surface area contributed by atoms with Gasteiger partial charge >= 0.3 is 0 Å². The molecule has 3 nitrogen and oxygen atoms in total. The van der Waals surface area contributed by atoms with Crippen molar-refractivity contribution in [2.75, 3.05) is 0 Å². The maximum absolute atomic E-state index is 8.83. The van der Waals surface area contributed by atoms with Crippen molar-refractivity contribution in [1.82, 2.24) is 0 Å². The summed E-state index contributed by atoms with van der Waals surface area (Å²) in [5.74, 6) is 0.621. The fourth-order valence-electron chi connectivity index (χ4n) is 1.24. The lowest BCUT2D eigenvalue weighted by Crippen LogP contribution is -1.91. The van der Waals surface area contributed by atoms with Crippen molar-refractivity contribution < 1.29 is 4.84 Å². The lowest BCUT2D eigenvalue weighted by molar-refractivity contribution is 0.131. The summed E-state index contributed by atoms with van der Waals surface area (Å²) < 4.78 is 0. The Morgan fingerprint density at radius 3 is 3.00 bits per heavy atom. The van der Waals surface area contributed by atoms with Crippen molar-refractivity contribution in [3.8, 4) is 6.07 Å². The molecular weight excluding hydrogens is 188 g/mol. The molecule has 76 valence electrons. The van der Waals surface area contributed by atoms with Crippen LogP contribution in [-0.2, 0) is 11.4 Å². The molecule has 0 spiro atoms. The predicted molar refractivity (Wildman–Crippen MR) is 57.2 cm³/mol. The molecule has 1 fully saturated rings. The summed E-state index contributed by atoms with van der Waals surface area (Å²) in [6, 6.07) is 9.52. The van der Waals surface area contributed by atoms with Gasteiger partial charge in [-0.1, -0.05) is 23.4 Å². The van der Waals surface area contributed by atoms with E-state index in [0.717, 1.165) is 5.56 Å². The Balaban J connectivity index is 1.89. The van der Waals surface area contributed by atoms with Gasteiger partial charge in [-0.2, -0.15) is 5.26 Å². The van der Waals surface area contributed by atoms with Crippen molar-refractivity contribution in [3.05, 3.63) is 35.4 Å². The lowest BCUT2D eigenvalue weighted by Gasteiger charge is -2.01. The van der Waals surface area contributed by atoms with Crippen molar-refractivity contribution in [1.29, 1.82) is 5.26 Å². The number of rotatable bonds is 4. The molecule has 0 aliphatic heterocycles. The Hall–Kier alpha value is -1.82. The number of hydrogen-bond donors (Lipinski definition) is 0. The summed E-state index contributed by atoms with van der Waals surface area (Å²) in [5.41, 5.74) is 1.53. The zero-order valence-electron chi connectivity index (χ0n) is 8.39. The van der Waals surface area contributed by atoms with E-state index in [1.165, 1.54) is 12.8 Å². The molecule has 0 aromatic heterocycles. The Morgan fingerprint density at radius 2 is 2.27 bits per heavy atom. The molecule has 3 heteroatoms. The van der Waals surface area contributed by atoms with Gasteiger partial charge in [0.25, 0.3) is 0 Å². The average molecular weight is 200 g/mol. The normalized spacial score (nSPS) is 15.1. The minimum Gasteiger partial charge on any atom is -0.391 e. The van der Waals surface area contributed by atoms with Crippen LogP contribution in [0.5, 0.6) is 0 Å². The first-order chi connectivity index (χ1) is 7.40. The molecule has 0 heterocycles. The van der Waals surface area contributed by atoms with E-state index in [9.17, 15) is 0 Å². The third kappa shape index (κ3) is 2.81. The van der Waals surface area contributed by atoms with Crippen LogP contribution in [0.15, 0.2) is 29.4 Å². The van der Waals surface area contributed by atoms with E-state index in [4.69, 9.17) is 10.1 Å². The summed E-state index contributed by atoms with van der Waals surface area (Å²) in [4.78, 5) is 5.13. The second-order valence-corrected chi connectivity index (χ2v) is 3.63. The SMILES string of the molecule is N#Cc1ccccc1CON=CC1CC1. The van der Waals surface area contributed by atoms with Gasteiger partial charge in [0.05, 0.1) is 11.6 Å². The summed E-state index contributed by atoms with van der Waals surface area (Å²) in [7, 11) is 0. The quantitative estimate of drug-likeness (QED) is 0.553. The zero-order valence-corrected chi connectivity index (χ0v) is 8.39. The fourth-order valence-corrected chi connectivity index (χ4v) is 1.24. The van der Waals surface area contributed by atoms with E-state index in [1.54, 1.807) is 6.07 Å². The highest BCUT2D eigenvalue weighted by Crippen LogP contribution is 2.26. The zero-order chi connectivity index (χ0) is 10.5. The maximum atomic E-state index is 8.83. The molecule has 0 radical (unpaired) electrons. The van der Waals surface area contributed by atoms with E-state index < -0.39 is 0 Å². The second kappa shape index (κ2) is 4.61. The Morgan fingerprint density at radius 1 is 1.47 bits per heavy atom. The van der Waals surface area contributed by atoms with Crippen molar-refractivity contribution in [3.63, 3.8) is 0 Å². The highest BCUT2D eigenvalue weighted by atomic mass is 16.6. The predicted octanol–water partition coefficient (Wildman–Crippen LogP) is 2.47. The molecule has 1 aliphatic carbocycles. The fraction of sp³-hybridized carbons (Fsp3) is 0.333. The van der Waals surface area contributed by atoms with Crippen LogP contribution in [0.25, 0.3) is 0 Å². The number of hydrogen-bond acceptors (Lipinski definition) is 3. The van der Waals surface area contributed by atoms with Crippen LogP contribution >= 0.6 is 0 Å². The second-order valence-electron chi connectivity index (χ2n) is 3.63. The molecule has 1 aromatic carbocycles. The van der Waals surface area contributed by atoms with Crippen molar-refractivity contribution >= 4 is 6.21 Å². The monoisotopic (exact) mass is 200 g/mol. The van der Waals surface area contributed by atoms with Crippen LogP contribution in [0, 0.1) is 17.2 Å². The molecule has 0 atom stereocenters. The number of benzene rings is 1. The van der Waals surface area contributed by atoms with E-state index in [2.05, 4.69) is 11.2 Å². The lowest BCUT2D eigenvalue weighted by atomic mass is 10.1.